The van der Waals surface area contributed by atoms with E-state index in [-0.39, 0.29) is 10.8 Å². The van der Waals surface area contributed by atoms with Gasteiger partial charge in [0.25, 0.3) is 15.9 Å². The lowest BCUT2D eigenvalue weighted by Crippen LogP contribution is -2.26. The Labute approximate surface area is 181 Å². The normalized spacial score (nSPS) is 16.3. The molecule has 0 bridgehead atoms. The molecule has 31 heavy (non-hydrogen) atoms. The number of carbonyl (C=O) groups excluding carboxylic acids is 1. The topological polar surface area (TPSA) is 91.7 Å². The minimum atomic E-state index is -3.88. The molecule has 0 atom stereocenters. The molecule has 160 valence electrons. The summed E-state index contributed by atoms with van der Waals surface area (Å²) in [7, 11) is -2.01. The van der Waals surface area contributed by atoms with Crippen molar-refractivity contribution in [3.05, 3.63) is 66.4 Å². The minimum absolute atomic E-state index is 0.0510. The Morgan fingerprint density at radius 3 is 2.77 bits per heavy atom. The number of hydrogen-bond donors (Lipinski definition) is 1. The van der Waals surface area contributed by atoms with Gasteiger partial charge in [-0.3, -0.25) is 9.78 Å². The third kappa shape index (κ3) is 4.74. The van der Waals surface area contributed by atoms with Crippen molar-refractivity contribution in [2.45, 2.75) is 30.6 Å². The van der Waals surface area contributed by atoms with Crippen molar-refractivity contribution in [1.29, 1.82) is 0 Å². The molecule has 2 heterocycles. The first-order chi connectivity index (χ1) is 14.9. The zero-order chi connectivity index (χ0) is 21.8. The molecule has 0 spiro atoms. The summed E-state index contributed by atoms with van der Waals surface area (Å²) in [5.41, 5.74) is 1.58. The van der Waals surface area contributed by atoms with Gasteiger partial charge in [-0.15, -0.1) is 4.40 Å². The molecule has 0 radical (unpaired) electrons. The summed E-state index contributed by atoms with van der Waals surface area (Å²) in [6.07, 6.45) is 5.24. The highest BCUT2D eigenvalue weighted by molar-refractivity contribution is 7.90. The number of benzene rings is 2. The highest BCUT2D eigenvalue weighted by Crippen LogP contribution is 2.22. The predicted molar refractivity (Wildman–Crippen MR) is 122 cm³/mol. The lowest BCUT2D eigenvalue weighted by atomic mass is 10.1. The summed E-state index contributed by atoms with van der Waals surface area (Å²) in [5.74, 6) is 0.248. The molecule has 7 nitrogen and oxygen atoms in total. The number of carbonyl (C=O) groups is 1. The van der Waals surface area contributed by atoms with Crippen molar-refractivity contribution in [2.24, 2.45) is 4.40 Å². The van der Waals surface area contributed by atoms with Gasteiger partial charge in [-0.05, 0) is 43.2 Å². The van der Waals surface area contributed by atoms with E-state index < -0.39 is 10.0 Å². The molecule has 4 rings (SSSR count). The number of nitrogens with one attached hydrogen (secondary N) is 1. The maximum Gasteiger partial charge on any atom is 0.284 e. The first-order valence-electron chi connectivity index (χ1n) is 10.2. The van der Waals surface area contributed by atoms with Crippen LogP contribution in [0.1, 0.15) is 36.0 Å². The van der Waals surface area contributed by atoms with Gasteiger partial charge in [0.2, 0.25) is 0 Å². The second kappa shape index (κ2) is 8.85. The van der Waals surface area contributed by atoms with Gasteiger partial charge >= 0.3 is 0 Å². The fourth-order valence-corrected chi connectivity index (χ4v) is 4.80. The first-order valence-corrected chi connectivity index (χ1v) is 11.7. The molecule has 0 unspecified atom stereocenters. The number of amides is 1. The third-order valence-corrected chi connectivity index (χ3v) is 6.64. The van der Waals surface area contributed by atoms with Crippen LogP contribution in [0.25, 0.3) is 10.9 Å². The number of nitrogens with zero attached hydrogens (tertiary/aromatic N) is 3. The molecule has 1 aromatic heterocycles. The standard InChI is InChI=1S/C23H24N4O3S/c1-27-15-6-2-3-12-22(27)26-31(29,30)18-9-7-8-17(16-18)25-23(28)20-13-14-24-21-11-5-4-10-19(20)21/h4-5,7-11,13-14,16H,2-3,6,12,15H2,1H3,(H,25,28). The molecular formula is C23H24N4O3S. The monoisotopic (exact) mass is 436 g/mol. The van der Waals surface area contributed by atoms with Crippen LogP contribution in [-0.4, -0.2) is 43.6 Å². The maximum atomic E-state index is 12.9. The molecule has 2 aromatic carbocycles. The number of rotatable bonds is 4. The molecule has 1 aliphatic rings. The van der Waals surface area contributed by atoms with Crippen molar-refractivity contribution >= 4 is 38.4 Å². The quantitative estimate of drug-likeness (QED) is 0.665. The molecular weight excluding hydrogens is 412 g/mol. The van der Waals surface area contributed by atoms with E-state index in [4.69, 9.17) is 0 Å². The molecule has 3 aromatic rings. The highest BCUT2D eigenvalue weighted by atomic mass is 32.2. The van der Waals surface area contributed by atoms with Gasteiger partial charge in [-0.2, -0.15) is 8.42 Å². The van der Waals surface area contributed by atoms with Gasteiger partial charge in [0, 0.05) is 37.3 Å². The third-order valence-electron chi connectivity index (χ3n) is 5.34. The summed E-state index contributed by atoms with van der Waals surface area (Å²) < 4.78 is 29.9. The van der Waals surface area contributed by atoms with Crippen LogP contribution in [0.5, 0.6) is 0 Å². The predicted octanol–water partition coefficient (Wildman–Crippen LogP) is 4.08. The molecule has 8 heteroatoms. The van der Waals surface area contributed by atoms with Crippen molar-refractivity contribution in [2.75, 3.05) is 18.9 Å². The number of fused-ring (bicyclic) bond motifs is 1. The molecule has 1 N–H and O–H groups in total. The Morgan fingerprint density at radius 2 is 1.90 bits per heavy atom. The summed E-state index contributed by atoms with van der Waals surface area (Å²) >= 11 is 0. The Hall–Kier alpha value is -3.26. The lowest BCUT2D eigenvalue weighted by Gasteiger charge is -2.17. The van der Waals surface area contributed by atoms with E-state index in [0.29, 0.717) is 23.5 Å². The number of para-hydroxylation sites is 1. The van der Waals surface area contributed by atoms with Crippen LogP contribution in [0.3, 0.4) is 0 Å². The Bertz CT molecular complexity index is 1250. The average molecular weight is 437 g/mol. The molecule has 1 amide bonds. The largest absolute Gasteiger partial charge is 0.362 e. The second-order valence-electron chi connectivity index (χ2n) is 7.57. The Kier molecular flexibility index (Phi) is 5.99. The van der Waals surface area contributed by atoms with Gasteiger partial charge in [-0.1, -0.05) is 30.7 Å². The lowest BCUT2D eigenvalue weighted by molar-refractivity contribution is 0.102. The number of pyridine rings is 1. The minimum Gasteiger partial charge on any atom is -0.362 e. The summed E-state index contributed by atoms with van der Waals surface area (Å²) in [6, 6.07) is 15.2. The number of anilines is 1. The van der Waals surface area contributed by atoms with Crippen LogP contribution in [0, 0.1) is 0 Å². The van der Waals surface area contributed by atoms with E-state index in [0.717, 1.165) is 36.7 Å². The number of aromatic nitrogens is 1. The fourth-order valence-electron chi connectivity index (χ4n) is 3.66. The number of amidine groups is 1. The van der Waals surface area contributed by atoms with Crippen LogP contribution in [0.4, 0.5) is 5.69 Å². The van der Waals surface area contributed by atoms with E-state index >= 15 is 0 Å². The van der Waals surface area contributed by atoms with Crippen molar-refractivity contribution in [3.8, 4) is 0 Å². The summed E-state index contributed by atoms with van der Waals surface area (Å²) in [5, 5.41) is 3.53. The van der Waals surface area contributed by atoms with Gasteiger partial charge in [0.1, 0.15) is 5.84 Å². The van der Waals surface area contributed by atoms with E-state index in [1.54, 1.807) is 24.4 Å². The second-order valence-corrected chi connectivity index (χ2v) is 9.18. The van der Waals surface area contributed by atoms with Crippen LogP contribution < -0.4 is 5.32 Å². The van der Waals surface area contributed by atoms with Crippen molar-refractivity contribution < 1.29 is 13.2 Å². The Balaban J connectivity index is 1.60. The van der Waals surface area contributed by atoms with Crippen LogP contribution in [-0.2, 0) is 10.0 Å². The highest BCUT2D eigenvalue weighted by Gasteiger charge is 2.19. The first kappa shape index (κ1) is 21.0. The van der Waals surface area contributed by atoms with Gasteiger partial charge < -0.3 is 10.2 Å². The number of sulfonamides is 1. The van der Waals surface area contributed by atoms with Gasteiger partial charge in [-0.25, -0.2) is 0 Å². The SMILES string of the molecule is CN1CCCCCC1=NS(=O)(=O)c1cccc(NC(=O)c2ccnc3ccccc23)c1. The molecule has 0 saturated carbocycles. The van der Waals surface area contributed by atoms with Gasteiger partial charge in [0.15, 0.2) is 0 Å². The molecule has 1 saturated heterocycles. The number of likely N-dealkylation sites (tertiary alicyclic amines) is 1. The van der Waals surface area contributed by atoms with E-state index in [9.17, 15) is 13.2 Å². The molecule has 0 aliphatic carbocycles. The van der Waals surface area contributed by atoms with E-state index in [1.807, 2.05) is 36.2 Å². The summed E-state index contributed by atoms with van der Waals surface area (Å²) in [4.78, 5) is 19.1. The zero-order valence-corrected chi connectivity index (χ0v) is 18.1. The van der Waals surface area contributed by atoms with Gasteiger partial charge in [0.05, 0.1) is 16.0 Å². The van der Waals surface area contributed by atoms with Crippen LogP contribution in [0.15, 0.2) is 70.1 Å². The molecule has 1 fully saturated rings. The van der Waals surface area contributed by atoms with Crippen LogP contribution in [0.2, 0.25) is 0 Å². The number of hydrogen-bond acceptors (Lipinski definition) is 4. The van der Waals surface area contributed by atoms with Crippen molar-refractivity contribution in [1.82, 2.24) is 9.88 Å². The molecule has 1 aliphatic heterocycles. The Morgan fingerprint density at radius 1 is 1.06 bits per heavy atom. The van der Waals surface area contributed by atoms with E-state index in [1.165, 1.54) is 12.1 Å². The van der Waals surface area contributed by atoms with Crippen molar-refractivity contribution in [3.63, 3.8) is 0 Å². The van der Waals surface area contributed by atoms with Crippen LogP contribution >= 0.6 is 0 Å². The smallest absolute Gasteiger partial charge is 0.284 e. The average Bonchev–Trinajstić information content (AvgIpc) is 2.97. The zero-order valence-electron chi connectivity index (χ0n) is 17.3. The van der Waals surface area contributed by atoms with E-state index in [2.05, 4.69) is 14.7 Å². The maximum absolute atomic E-state index is 12.9. The fraction of sp³-hybridized carbons (Fsp3) is 0.261. The summed E-state index contributed by atoms with van der Waals surface area (Å²) in [6.45, 7) is 0.796.